The van der Waals surface area contributed by atoms with Crippen LogP contribution in [0.3, 0.4) is 0 Å². The summed E-state index contributed by atoms with van der Waals surface area (Å²) in [6, 6.07) is -0.0102. The van der Waals surface area contributed by atoms with Crippen molar-refractivity contribution in [3.8, 4) is 0 Å². The number of carbonyl (C=O) groups excluding carboxylic acids is 1. The van der Waals surface area contributed by atoms with E-state index in [-0.39, 0.29) is 42.3 Å². The molecule has 0 aromatic carbocycles. The Morgan fingerprint density at radius 2 is 1.44 bits per heavy atom. The topological polar surface area (TPSA) is 133 Å². The van der Waals surface area contributed by atoms with Gasteiger partial charge in [-0.2, -0.15) is 0 Å². The number of hydrogen-bond donors (Lipinski definition) is 1. The van der Waals surface area contributed by atoms with Crippen molar-refractivity contribution >= 4 is 22.6 Å². The van der Waals surface area contributed by atoms with Crippen LogP contribution < -0.4 is 0 Å². The summed E-state index contributed by atoms with van der Waals surface area (Å²) in [5.74, 6) is -3.22. The van der Waals surface area contributed by atoms with Crippen molar-refractivity contribution in [3.63, 3.8) is 0 Å². The van der Waals surface area contributed by atoms with Gasteiger partial charge in [0.05, 0.1) is 59.8 Å². The standard InChI is InChI=1S/C46H87NO12Si2/c1-22-34-28(4)38-29(5)36(56-44(9,10)57-38)26(2)24-45(11,49)40(55-43-39(58-60(16,17)18)33(47(13)14)23-27(3)51-43)30(6)37(31(7)42(48)53-34)54-35-25-46(12,50-15)41(32(8)52-35)59-61(19,20)21/h26-27,29-41,43,49H,4,22-25H2,1-3,5-21H3/t26-,27-,29+,30+,31-,32+,33+,34-,35?,36+,37+,38+,39-,40-,41+,43?,45+,46-/m1/s1. The maximum absolute atomic E-state index is 14.7. The highest BCUT2D eigenvalue weighted by atomic mass is 28.4. The Morgan fingerprint density at radius 1 is 0.836 bits per heavy atom. The number of rotatable bonds is 11. The van der Waals surface area contributed by atoms with Crippen molar-refractivity contribution in [1.29, 1.82) is 0 Å². The minimum Gasteiger partial charge on any atom is -0.457 e. The van der Waals surface area contributed by atoms with Gasteiger partial charge < -0.3 is 56.8 Å². The van der Waals surface area contributed by atoms with Gasteiger partial charge in [-0.25, -0.2) is 0 Å². The highest BCUT2D eigenvalue weighted by molar-refractivity contribution is 6.70. The van der Waals surface area contributed by atoms with E-state index in [4.69, 9.17) is 46.7 Å². The zero-order chi connectivity index (χ0) is 46.4. The van der Waals surface area contributed by atoms with Crippen molar-refractivity contribution in [3.05, 3.63) is 12.2 Å². The Labute approximate surface area is 371 Å². The summed E-state index contributed by atoms with van der Waals surface area (Å²) in [6.45, 7) is 39.1. The number of methoxy groups -OCH3 is 1. The van der Waals surface area contributed by atoms with Crippen LogP contribution in [-0.2, 0) is 51.5 Å². The lowest BCUT2D eigenvalue weighted by Crippen LogP contribution is -2.62. The predicted molar refractivity (Wildman–Crippen MR) is 242 cm³/mol. The van der Waals surface area contributed by atoms with E-state index in [9.17, 15) is 9.90 Å². The lowest BCUT2D eigenvalue weighted by molar-refractivity contribution is -0.328. The monoisotopic (exact) mass is 902 g/mol. The van der Waals surface area contributed by atoms with E-state index in [1.165, 1.54) is 0 Å². The second kappa shape index (κ2) is 20.0. The Kier molecular flexibility index (Phi) is 17.3. The number of cyclic esters (lactones) is 1. The third-order valence-electron chi connectivity index (χ3n) is 13.2. The van der Waals surface area contributed by atoms with Crippen LogP contribution in [0.1, 0.15) is 102 Å². The molecule has 356 valence electrons. The summed E-state index contributed by atoms with van der Waals surface area (Å²) in [4.78, 5) is 16.9. The highest BCUT2D eigenvalue weighted by Gasteiger charge is 2.55. The first-order chi connectivity index (χ1) is 27.8. The molecule has 13 nitrogen and oxygen atoms in total. The smallest absolute Gasteiger partial charge is 0.311 e. The Hall–Kier alpha value is -0.796. The van der Waals surface area contributed by atoms with Crippen LogP contribution in [0.5, 0.6) is 0 Å². The fourth-order valence-corrected chi connectivity index (χ4v) is 12.6. The quantitative estimate of drug-likeness (QED) is 0.123. The fraction of sp³-hybridized carbons (Fsp3) is 0.935. The lowest BCUT2D eigenvalue weighted by atomic mass is 9.74. The first-order valence-corrected chi connectivity index (χ1v) is 29.8. The van der Waals surface area contributed by atoms with Gasteiger partial charge in [-0.05, 0) is 133 Å². The SMILES string of the molecule is C=C1[C@@H](CC)OC(=O)[C@H](C)[C@@H](OC2C[C@@](C)(OC)[C@@H](O[Si](C)(C)C)[C@H](C)O2)[C@H](C)[C@@H](OC2O[C@H](C)C[C@H](N(C)C)[C@H]2O[Si](C)(C)C)[C@@](C)(O)C[C@@H](C)[C@@H]2OC(C)(C)O[C@@H]1[C@H]2C. The molecular weight excluding hydrogens is 815 g/mol. The van der Waals surface area contributed by atoms with Crippen LogP contribution >= 0.6 is 0 Å². The minimum atomic E-state index is -2.15. The number of ether oxygens (including phenoxy) is 8. The molecule has 18 atom stereocenters. The molecule has 61 heavy (non-hydrogen) atoms. The van der Waals surface area contributed by atoms with Crippen LogP contribution in [0.4, 0.5) is 0 Å². The van der Waals surface area contributed by atoms with Crippen molar-refractivity contribution in [1.82, 2.24) is 4.90 Å². The molecule has 1 N–H and O–H groups in total. The maximum atomic E-state index is 14.7. The van der Waals surface area contributed by atoms with Crippen molar-refractivity contribution in [2.75, 3.05) is 21.2 Å². The fourth-order valence-electron chi connectivity index (χ4n) is 10.3. The normalized spacial score (nSPS) is 44.7. The van der Waals surface area contributed by atoms with E-state index in [0.717, 1.165) is 6.42 Å². The van der Waals surface area contributed by atoms with Gasteiger partial charge in [0.15, 0.2) is 35.0 Å². The zero-order valence-electron chi connectivity index (χ0n) is 41.7. The van der Waals surface area contributed by atoms with Crippen LogP contribution in [0, 0.1) is 23.7 Å². The van der Waals surface area contributed by atoms with Gasteiger partial charge in [0, 0.05) is 31.4 Å². The van der Waals surface area contributed by atoms with Gasteiger partial charge in [-0.15, -0.1) is 0 Å². The summed E-state index contributed by atoms with van der Waals surface area (Å²) < 4.78 is 67.2. The maximum Gasteiger partial charge on any atom is 0.311 e. The van der Waals surface area contributed by atoms with Gasteiger partial charge in [0.2, 0.25) is 0 Å². The largest absolute Gasteiger partial charge is 0.457 e. The number of esters is 1. The lowest BCUT2D eigenvalue weighted by Gasteiger charge is -2.52. The second-order valence-corrected chi connectivity index (χ2v) is 31.0. The zero-order valence-corrected chi connectivity index (χ0v) is 43.7. The van der Waals surface area contributed by atoms with Crippen molar-refractivity contribution in [2.45, 2.75) is 232 Å². The summed E-state index contributed by atoms with van der Waals surface area (Å²) in [6.07, 6.45) is -4.29. The molecule has 0 aliphatic carbocycles. The average Bonchev–Trinajstić information content (AvgIpc) is 3.12. The molecule has 4 heterocycles. The molecule has 0 saturated carbocycles. The molecule has 4 fully saturated rings. The molecule has 2 bridgehead atoms. The Balaban J connectivity index is 1.89. The molecule has 4 rings (SSSR count). The van der Waals surface area contributed by atoms with Gasteiger partial charge in [-0.1, -0.05) is 34.3 Å². The number of fused-ring (bicyclic) bond motifs is 2. The van der Waals surface area contributed by atoms with Crippen LogP contribution in [0.25, 0.3) is 0 Å². The molecule has 4 aliphatic heterocycles. The van der Waals surface area contributed by atoms with Gasteiger partial charge in [0.25, 0.3) is 0 Å². The van der Waals surface area contributed by atoms with Crippen molar-refractivity contribution in [2.24, 2.45) is 23.7 Å². The number of likely N-dealkylation sites (N-methyl/N-ethyl adjacent to an activating group) is 1. The molecule has 0 radical (unpaired) electrons. The van der Waals surface area contributed by atoms with Crippen molar-refractivity contribution < 1.29 is 56.6 Å². The number of nitrogens with zero attached hydrogens (tertiary/aromatic N) is 1. The first kappa shape index (κ1) is 52.8. The third-order valence-corrected chi connectivity index (χ3v) is 15.2. The summed E-state index contributed by atoms with van der Waals surface area (Å²) in [7, 11) is 1.65. The van der Waals surface area contributed by atoms with E-state index in [1.54, 1.807) is 7.11 Å². The number of hydrogen-bond acceptors (Lipinski definition) is 13. The van der Waals surface area contributed by atoms with Crippen LogP contribution in [0.15, 0.2) is 12.2 Å². The Bertz CT molecular complexity index is 1470. The molecule has 4 saturated heterocycles. The number of carbonyl (C=O) groups is 1. The molecule has 0 amide bonds. The molecule has 0 spiro atoms. The van der Waals surface area contributed by atoms with Gasteiger partial charge in [-0.3, -0.25) is 4.79 Å². The predicted octanol–water partition coefficient (Wildman–Crippen LogP) is 7.90. The van der Waals surface area contributed by atoms with E-state index >= 15 is 0 Å². The molecule has 15 heteroatoms. The summed E-state index contributed by atoms with van der Waals surface area (Å²) >= 11 is 0. The minimum absolute atomic E-state index is 0.0102. The van der Waals surface area contributed by atoms with E-state index in [1.807, 2.05) is 62.3 Å². The van der Waals surface area contributed by atoms with Crippen LogP contribution in [0.2, 0.25) is 39.3 Å². The molecule has 0 aromatic rings. The summed E-state index contributed by atoms with van der Waals surface area (Å²) in [5.41, 5.74) is -1.58. The van der Waals surface area contributed by atoms with Gasteiger partial charge >= 0.3 is 5.97 Å². The van der Waals surface area contributed by atoms with E-state index in [2.05, 4.69) is 78.7 Å². The Morgan fingerprint density at radius 3 is 1.98 bits per heavy atom. The number of aliphatic hydroxyl groups is 1. The highest BCUT2D eigenvalue weighted by Crippen LogP contribution is 2.45. The first-order valence-electron chi connectivity index (χ1n) is 23.0. The molecule has 2 unspecified atom stereocenters. The van der Waals surface area contributed by atoms with Gasteiger partial charge in [0.1, 0.15) is 12.2 Å². The third kappa shape index (κ3) is 13.0. The molecule has 0 aromatic heterocycles. The van der Waals surface area contributed by atoms with Crippen LogP contribution in [-0.4, -0.2) is 144 Å². The average molecular weight is 902 g/mol. The molecule has 4 aliphatic rings. The van der Waals surface area contributed by atoms with E-state index < -0.39 is 94.5 Å². The summed E-state index contributed by atoms with van der Waals surface area (Å²) in [5, 5.41) is 13.1. The van der Waals surface area contributed by atoms with E-state index in [0.29, 0.717) is 24.8 Å². The molecular formula is C46H87NO12Si2. The second-order valence-electron chi connectivity index (χ2n) is 22.1.